The molecule has 1 fully saturated rings. The standard InChI is InChI=1S/C25H21N6/c1-2-7-23-20(4-1)15-26-16-24(23)18-10-12-30(13-11-18)29-21-6-3-5-19(14-21)25-28-27-17-31(25)22-8-9-22/h1-7,10-17,22,29H,8-9H2/q+1. The number of rotatable bonds is 5. The zero-order chi connectivity index (χ0) is 20.6. The fraction of sp³-hybridized carbons (Fsp3) is 0.120. The summed E-state index contributed by atoms with van der Waals surface area (Å²) in [6.07, 6.45) is 12.1. The van der Waals surface area contributed by atoms with Gasteiger partial charge in [0.25, 0.3) is 0 Å². The molecule has 0 saturated heterocycles. The summed E-state index contributed by atoms with van der Waals surface area (Å²) < 4.78 is 4.13. The molecule has 1 aliphatic rings. The van der Waals surface area contributed by atoms with Gasteiger partial charge in [0.2, 0.25) is 0 Å². The Labute approximate surface area is 179 Å². The maximum absolute atomic E-state index is 4.40. The number of nitrogens with zero attached hydrogens (tertiary/aromatic N) is 5. The molecule has 3 heterocycles. The third kappa shape index (κ3) is 3.42. The lowest BCUT2D eigenvalue weighted by molar-refractivity contribution is -0.642. The van der Waals surface area contributed by atoms with Crippen LogP contribution in [0.4, 0.5) is 5.69 Å². The Kier molecular flexibility index (Phi) is 4.20. The van der Waals surface area contributed by atoms with Crippen LogP contribution in [0.15, 0.2) is 91.8 Å². The summed E-state index contributed by atoms with van der Waals surface area (Å²) in [5.74, 6) is 0.926. The van der Waals surface area contributed by atoms with Gasteiger partial charge in [-0.15, -0.1) is 10.2 Å². The molecule has 0 atom stereocenters. The molecule has 5 aromatic rings. The summed E-state index contributed by atoms with van der Waals surface area (Å²) in [6, 6.07) is 21.4. The second-order valence-corrected chi connectivity index (χ2v) is 7.89. The lowest BCUT2D eigenvalue weighted by Gasteiger charge is -2.07. The van der Waals surface area contributed by atoms with E-state index in [1.165, 1.54) is 18.2 Å². The van der Waals surface area contributed by atoms with Gasteiger partial charge in [-0.25, -0.2) is 0 Å². The van der Waals surface area contributed by atoms with Gasteiger partial charge in [-0.2, -0.15) is 5.43 Å². The van der Waals surface area contributed by atoms with Crippen molar-refractivity contribution in [3.05, 3.63) is 91.8 Å². The van der Waals surface area contributed by atoms with Gasteiger partial charge in [-0.05, 0) is 35.9 Å². The van der Waals surface area contributed by atoms with Crippen LogP contribution >= 0.6 is 0 Å². The number of aromatic nitrogens is 5. The fourth-order valence-electron chi connectivity index (χ4n) is 3.97. The Hall–Kier alpha value is -4.06. The van der Waals surface area contributed by atoms with Gasteiger partial charge in [0.1, 0.15) is 6.33 Å². The third-order valence-electron chi connectivity index (χ3n) is 5.70. The number of nitrogens with one attached hydrogen (secondary N) is 1. The molecule has 1 aliphatic carbocycles. The predicted molar refractivity (Wildman–Crippen MR) is 120 cm³/mol. The minimum absolute atomic E-state index is 0.548. The molecular weight excluding hydrogens is 384 g/mol. The Bertz CT molecular complexity index is 1360. The van der Waals surface area contributed by atoms with Gasteiger partial charge in [0.05, 0.1) is 5.69 Å². The molecule has 150 valence electrons. The van der Waals surface area contributed by atoms with Crippen LogP contribution < -0.4 is 10.1 Å². The molecule has 3 aromatic heterocycles. The maximum Gasteiger partial charge on any atom is 0.200 e. The first-order chi connectivity index (χ1) is 15.3. The van der Waals surface area contributed by atoms with E-state index in [1.807, 2.05) is 47.9 Å². The van der Waals surface area contributed by atoms with Crippen LogP contribution in [-0.4, -0.2) is 19.7 Å². The maximum atomic E-state index is 4.40. The van der Waals surface area contributed by atoms with Crippen LogP contribution in [0.2, 0.25) is 0 Å². The number of anilines is 1. The largest absolute Gasteiger partial charge is 0.310 e. The normalized spacial score (nSPS) is 13.4. The van der Waals surface area contributed by atoms with E-state index in [4.69, 9.17) is 0 Å². The Morgan fingerprint density at radius 3 is 2.65 bits per heavy atom. The molecule has 1 N–H and O–H groups in total. The number of fused-ring (bicyclic) bond motifs is 1. The van der Waals surface area contributed by atoms with Gasteiger partial charge in [-0.3, -0.25) is 4.98 Å². The van der Waals surface area contributed by atoms with E-state index >= 15 is 0 Å². The van der Waals surface area contributed by atoms with E-state index in [1.54, 1.807) is 0 Å². The smallest absolute Gasteiger partial charge is 0.200 e. The molecule has 0 radical (unpaired) electrons. The van der Waals surface area contributed by atoms with Crippen LogP contribution in [0, 0.1) is 0 Å². The van der Waals surface area contributed by atoms with Gasteiger partial charge < -0.3 is 4.57 Å². The van der Waals surface area contributed by atoms with Crippen molar-refractivity contribution in [3.8, 4) is 22.5 Å². The number of hydrogen-bond donors (Lipinski definition) is 1. The summed E-state index contributed by atoms with van der Waals surface area (Å²) in [5.41, 5.74) is 7.75. The summed E-state index contributed by atoms with van der Waals surface area (Å²) in [6.45, 7) is 0. The second-order valence-electron chi connectivity index (χ2n) is 7.89. The fourth-order valence-corrected chi connectivity index (χ4v) is 3.97. The molecule has 0 unspecified atom stereocenters. The van der Waals surface area contributed by atoms with E-state index in [0.29, 0.717) is 6.04 Å². The minimum Gasteiger partial charge on any atom is -0.310 e. The minimum atomic E-state index is 0.548. The first-order valence-corrected chi connectivity index (χ1v) is 10.5. The van der Waals surface area contributed by atoms with Gasteiger partial charge in [0.15, 0.2) is 18.2 Å². The molecule has 6 nitrogen and oxygen atoms in total. The highest BCUT2D eigenvalue weighted by molar-refractivity contribution is 5.95. The Balaban J connectivity index is 1.27. The molecule has 0 spiro atoms. The molecule has 1 saturated carbocycles. The zero-order valence-electron chi connectivity index (χ0n) is 16.9. The average Bonchev–Trinajstić information content (AvgIpc) is 3.55. The van der Waals surface area contributed by atoms with Gasteiger partial charge in [0, 0.05) is 47.1 Å². The molecule has 0 aliphatic heterocycles. The van der Waals surface area contributed by atoms with E-state index < -0.39 is 0 Å². The van der Waals surface area contributed by atoms with Crippen molar-refractivity contribution in [2.24, 2.45) is 0 Å². The van der Waals surface area contributed by atoms with Crippen LogP contribution in [0.3, 0.4) is 0 Å². The molecule has 31 heavy (non-hydrogen) atoms. The molecule has 0 bridgehead atoms. The van der Waals surface area contributed by atoms with Crippen LogP contribution in [0.1, 0.15) is 18.9 Å². The average molecular weight is 405 g/mol. The number of pyridine rings is 2. The van der Waals surface area contributed by atoms with E-state index in [2.05, 4.69) is 73.7 Å². The topological polar surface area (TPSA) is 59.5 Å². The van der Waals surface area contributed by atoms with Crippen LogP contribution in [0.25, 0.3) is 33.3 Å². The Morgan fingerprint density at radius 1 is 0.903 bits per heavy atom. The highest BCUT2D eigenvalue weighted by Crippen LogP contribution is 2.37. The highest BCUT2D eigenvalue weighted by atomic mass is 15.4. The van der Waals surface area contributed by atoms with Crippen LogP contribution in [-0.2, 0) is 0 Å². The van der Waals surface area contributed by atoms with Crippen molar-refractivity contribution in [1.82, 2.24) is 19.7 Å². The number of benzene rings is 2. The lowest BCUT2D eigenvalue weighted by Crippen LogP contribution is -2.41. The summed E-state index contributed by atoms with van der Waals surface area (Å²) in [4.78, 5) is 4.40. The summed E-state index contributed by atoms with van der Waals surface area (Å²) >= 11 is 0. The van der Waals surface area contributed by atoms with E-state index in [9.17, 15) is 0 Å². The van der Waals surface area contributed by atoms with Crippen molar-refractivity contribution in [2.45, 2.75) is 18.9 Å². The second kappa shape index (κ2) is 7.32. The predicted octanol–water partition coefficient (Wildman–Crippen LogP) is 4.66. The van der Waals surface area contributed by atoms with Gasteiger partial charge in [-0.1, -0.05) is 41.1 Å². The summed E-state index contributed by atoms with van der Waals surface area (Å²) in [7, 11) is 0. The first kappa shape index (κ1) is 17.8. The van der Waals surface area contributed by atoms with E-state index in [-0.39, 0.29) is 0 Å². The third-order valence-corrected chi connectivity index (χ3v) is 5.70. The van der Waals surface area contributed by atoms with Crippen molar-refractivity contribution < 1.29 is 4.68 Å². The van der Waals surface area contributed by atoms with Crippen molar-refractivity contribution in [3.63, 3.8) is 0 Å². The SMILES string of the molecule is c1cc(N[n+]2ccc(-c3cncc4ccccc34)cc2)cc(-c2nncn2C2CC2)c1. The van der Waals surface area contributed by atoms with Crippen molar-refractivity contribution >= 4 is 16.5 Å². The van der Waals surface area contributed by atoms with Gasteiger partial charge >= 0.3 is 0 Å². The zero-order valence-corrected chi connectivity index (χ0v) is 16.9. The highest BCUT2D eigenvalue weighted by Gasteiger charge is 2.26. The van der Waals surface area contributed by atoms with Crippen molar-refractivity contribution in [2.75, 3.05) is 5.43 Å². The van der Waals surface area contributed by atoms with Crippen molar-refractivity contribution in [1.29, 1.82) is 0 Å². The van der Waals surface area contributed by atoms with E-state index in [0.717, 1.165) is 33.6 Å². The monoisotopic (exact) mass is 405 g/mol. The quantitative estimate of drug-likeness (QED) is 0.432. The first-order valence-electron chi connectivity index (χ1n) is 10.5. The molecule has 0 amide bonds. The molecule has 2 aromatic carbocycles. The molecular formula is C25H21N6+. The molecule has 6 heteroatoms. The summed E-state index contributed by atoms with van der Waals surface area (Å²) in [5, 5.41) is 10.8. The lowest BCUT2D eigenvalue weighted by atomic mass is 10.0. The number of hydrogen-bond acceptors (Lipinski definition) is 4. The molecule has 6 rings (SSSR count). The van der Waals surface area contributed by atoms with Crippen LogP contribution in [0.5, 0.6) is 0 Å². The Morgan fingerprint density at radius 2 is 1.77 bits per heavy atom.